The number of carbonyl (C=O) groups excluding carboxylic acids is 1. The van der Waals surface area contributed by atoms with Crippen molar-refractivity contribution in [2.75, 3.05) is 23.5 Å². The van der Waals surface area contributed by atoms with Gasteiger partial charge >= 0.3 is 5.88 Å². The average molecular weight is 592 g/mol. The van der Waals surface area contributed by atoms with Crippen molar-refractivity contribution in [1.29, 1.82) is 0 Å². The summed E-state index contributed by atoms with van der Waals surface area (Å²) in [5.74, 6) is -0.445. The molecule has 0 atom stereocenters. The molecule has 3 aromatic carbocycles. The van der Waals surface area contributed by atoms with Crippen molar-refractivity contribution in [2.24, 2.45) is 5.10 Å². The molecule has 41 heavy (non-hydrogen) atoms. The highest BCUT2D eigenvalue weighted by atomic mass is 32.2. The molecule has 0 saturated carbocycles. The Morgan fingerprint density at radius 1 is 1.07 bits per heavy atom. The number of anilines is 2. The highest BCUT2D eigenvalue weighted by Crippen LogP contribution is 2.33. The van der Waals surface area contributed by atoms with Gasteiger partial charge in [-0.15, -0.1) is 0 Å². The number of para-hydroxylation sites is 1. The number of furan rings is 1. The third-order valence-corrected chi connectivity index (χ3v) is 8.72. The van der Waals surface area contributed by atoms with Crippen LogP contribution in [0.1, 0.15) is 16.1 Å². The molecule has 0 N–H and O–H groups in total. The summed E-state index contributed by atoms with van der Waals surface area (Å²) in [7, 11) is -0.912. The summed E-state index contributed by atoms with van der Waals surface area (Å²) in [6.45, 7) is 0. The molecule has 14 heteroatoms. The zero-order chi connectivity index (χ0) is 29.1. The van der Waals surface area contributed by atoms with Crippen LogP contribution in [0.5, 0.6) is 5.75 Å². The van der Waals surface area contributed by atoms with Crippen LogP contribution in [-0.2, 0) is 10.0 Å². The number of amides is 1. The van der Waals surface area contributed by atoms with E-state index in [0.717, 1.165) is 20.2 Å². The third-order valence-electron chi connectivity index (χ3n) is 5.93. The first-order valence-corrected chi connectivity index (χ1v) is 14.1. The molecular weight excluding hydrogens is 570 g/mol. The van der Waals surface area contributed by atoms with E-state index >= 15 is 0 Å². The summed E-state index contributed by atoms with van der Waals surface area (Å²) in [5, 5.41) is 16.4. The Morgan fingerprint density at radius 2 is 1.80 bits per heavy atom. The molecule has 0 aliphatic heterocycles. The van der Waals surface area contributed by atoms with Gasteiger partial charge in [0.05, 0.1) is 40.2 Å². The molecule has 2 heterocycles. The van der Waals surface area contributed by atoms with E-state index < -0.39 is 26.7 Å². The fraction of sp³-hybridized carbons (Fsp3) is 0.0741. The van der Waals surface area contributed by atoms with E-state index in [0.29, 0.717) is 17.0 Å². The van der Waals surface area contributed by atoms with Gasteiger partial charge in [-0.2, -0.15) is 10.1 Å². The monoisotopic (exact) mass is 591 g/mol. The molecule has 0 radical (unpaired) electrons. The molecule has 0 spiro atoms. The lowest BCUT2D eigenvalue weighted by Crippen LogP contribution is -2.27. The second-order valence-corrected chi connectivity index (χ2v) is 11.4. The van der Waals surface area contributed by atoms with E-state index in [1.165, 1.54) is 61.9 Å². The van der Waals surface area contributed by atoms with Gasteiger partial charge in [0.1, 0.15) is 10.7 Å². The number of benzene rings is 3. The van der Waals surface area contributed by atoms with Crippen LogP contribution in [0.25, 0.3) is 10.2 Å². The summed E-state index contributed by atoms with van der Waals surface area (Å²) in [6, 6.07) is 21.8. The number of aromatic nitrogens is 1. The number of ether oxygens (including phenoxy) is 1. The SMILES string of the molecule is COc1ccc2nc(N(/N=C/c3ccc([N+](=O)[O-])o3)C(=O)c3ccc(S(=O)(=O)N(C)c4ccccc4)cc3)sc2c1. The van der Waals surface area contributed by atoms with E-state index in [1.54, 1.807) is 48.5 Å². The smallest absolute Gasteiger partial charge is 0.433 e. The Kier molecular flexibility index (Phi) is 7.50. The Balaban J connectivity index is 1.48. The second kappa shape index (κ2) is 11.2. The number of nitro groups is 1. The lowest BCUT2D eigenvalue weighted by atomic mass is 10.2. The predicted octanol–water partition coefficient (Wildman–Crippen LogP) is 5.31. The van der Waals surface area contributed by atoms with Crippen molar-refractivity contribution in [2.45, 2.75) is 4.90 Å². The van der Waals surface area contributed by atoms with E-state index in [9.17, 15) is 23.3 Å². The average Bonchev–Trinajstić information content (AvgIpc) is 3.64. The lowest BCUT2D eigenvalue weighted by molar-refractivity contribution is -0.402. The Morgan fingerprint density at radius 3 is 2.46 bits per heavy atom. The van der Waals surface area contributed by atoms with Crippen molar-refractivity contribution in [1.82, 2.24) is 4.98 Å². The molecule has 208 valence electrons. The first kappa shape index (κ1) is 27.5. The molecule has 0 unspecified atom stereocenters. The van der Waals surface area contributed by atoms with E-state index in [2.05, 4.69) is 10.1 Å². The van der Waals surface area contributed by atoms with Gasteiger partial charge < -0.3 is 9.15 Å². The summed E-state index contributed by atoms with van der Waals surface area (Å²) in [4.78, 5) is 28.4. The number of hydrogen-bond acceptors (Lipinski definition) is 10. The molecule has 0 fully saturated rings. The highest BCUT2D eigenvalue weighted by Gasteiger charge is 2.25. The number of thiazole rings is 1. The van der Waals surface area contributed by atoms with Gasteiger partial charge in [0, 0.05) is 12.6 Å². The number of carbonyl (C=O) groups is 1. The molecule has 0 aliphatic rings. The second-order valence-electron chi connectivity index (χ2n) is 8.46. The maximum atomic E-state index is 13.7. The van der Waals surface area contributed by atoms with Crippen molar-refractivity contribution in [3.63, 3.8) is 0 Å². The van der Waals surface area contributed by atoms with Crippen LogP contribution in [0.2, 0.25) is 0 Å². The molecule has 0 bridgehead atoms. The van der Waals surface area contributed by atoms with Gasteiger partial charge in [-0.1, -0.05) is 29.5 Å². The Labute approximate surface area is 237 Å². The topological polar surface area (TPSA) is 148 Å². The largest absolute Gasteiger partial charge is 0.497 e. The number of hydrazone groups is 1. The van der Waals surface area contributed by atoms with Crippen LogP contribution < -0.4 is 14.1 Å². The predicted molar refractivity (Wildman–Crippen MR) is 154 cm³/mol. The summed E-state index contributed by atoms with van der Waals surface area (Å²) < 4.78 is 38.6. The maximum absolute atomic E-state index is 13.7. The zero-order valence-corrected chi connectivity index (χ0v) is 23.2. The van der Waals surface area contributed by atoms with Gasteiger partial charge in [0.15, 0.2) is 5.76 Å². The van der Waals surface area contributed by atoms with E-state index in [1.807, 2.05) is 0 Å². The molecule has 12 nitrogen and oxygen atoms in total. The third kappa shape index (κ3) is 5.64. The maximum Gasteiger partial charge on any atom is 0.433 e. The van der Waals surface area contributed by atoms with Crippen LogP contribution in [0.3, 0.4) is 0 Å². The quantitative estimate of drug-likeness (QED) is 0.127. The first-order valence-electron chi connectivity index (χ1n) is 11.9. The molecule has 1 amide bonds. The zero-order valence-electron chi connectivity index (χ0n) is 21.6. The minimum atomic E-state index is -3.89. The molecule has 5 aromatic rings. The van der Waals surface area contributed by atoms with E-state index in [-0.39, 0.29) is 21.4 Å². The normalized spacial score (nSPS) is 11.6. The fourth-order valence-electron chi connectivity index (χ4n) is 3.75. The van der Waals surface area contributed by atoms with Crippen LogP contribution in [0, 0.1) is 10.1 Å². The molecule has 2 aromatic heterocycles. The van der Waals surface area contributed by atoms with Gasteiger partial charge in [-0.05, 0) is 60.7 Å². The molecule has 0 saturated heterocycles. The molecular formula is C27H21N5O7S2. The van der Waals surface area contributed by atoms with Crippen LogP contribution >= 0.6 is 11.3 Å². The minimum Gasteiger partial charge on any atom is -0.497 e. The summed E-state index contributed by atoms with van der Waals surface area (Å²) in [6.07, 6.45) is 1.16. The number of nitrogens with zero attached hydrogens (tertiary/aromatic N) is 5. The van der Waals surface area contributed by atoms with Crippen molar-refractivity contribution < 1.29 is 27.3 Å². The number of rotatable bonds is 9. The van der Waals surface area contributed by atoms with Crippen LogP contribution in [0.4, 0.5) is 16.7 Å². The van der Waals surface area contributed by atoms with Crippen LogP contribution in [-0.4, -0.2) is 44.6 Å². The van der Waals surface area contributed by atoms with Gasteiger partial charge in [-0.3, -0.25) is 19.2 Å². The Bertz CT molecular complexity index is 1870. The highest BCUT2D eigenvalue weighted by molar-refractivity contribution is 7.92. The van der Waals surface area contributed by atoms with Gasteiger partial charge in [0.25, 0.3) is 15.9 Å². The van der Waals surface area contributed by atoms with Crippen molar-refractivity contribution in [3.05, 3.63) is 106 Å². The number of sulfonamides is 1. The molecule has 5 rings (SSSR count). The van der Waals surface area contributed by atoms with Gasteiger partial charge in [0.2, 0.25) is 5.13 Å². The number of hydrogen-bond donors (Lipinski definition) is 0. The van der Waals surface area contributed by atoms with Gasteiger partial charge in [-0.25, -0.2) is 13.4 Å². The number of methoxy groups -OCH3 is 1. The summed E-state index contributed by atoms with van der Waals surface area (Å²) >= 11 is 1.17. The number of fused-ring (bicyclic) bond motifs is 1. The standard InChI is InChI=1S/C27H21N5O7S2/c1-30(19-6-4-3-5-7-19)41(36,37)22-12-8-18(9-13-22)26(33)31(28-17-21-11-15-25(39-21)32(34)35)27-29-23-14-10-20(38-2)16-24(23)40-27/h3-17H,1-2H3/b28-17+. The fourth-order valence-corrected chi connectivity index (χ4v) is 5.90. The van der Waals surface area contributed by atoms with Crippen molar-refractivity contribution in [3.8, 4) is 5.75 Å². The van der Waals surface area contributed by atoms with Crippen LogP contribution in [0.15, 0.2) is 99.3 Å². The minimum absolute atomic E-state index is 0.00886. The van der Waals surface area contributed by atoms with E-state index in [4.69, 9.17) is 9.15 Å². The summed E-state index contributed by atoms with van der Waals surface area (Å²) in [5.41, 5.74) is 1.21. The Hall–Kier alpha value is -5.08. The van der Waals surface area contributed by atoms with Crippen molar-refractivity contribution >= 4 is 60.4 Å². The molecule has 0 aliphatic carbocycles. The lowest BCUT2D eigenvalue weighted by Gasteiger charge is -2.19. The first-order chi connectivity index (χ1) is 19.7.